The highest BCUT2D eigenvalue weighted by molar-refractivity contribution is 4.94. The van der Waals surface area contributed by atoms with Gasteiger partial charge in [-0.25, -0.2) is 4.68 Å². The van der Waals surface area contributed by atoms with Gasteiger partial charge in [-0.1, -0.05) is 11.3 Å². The zero-order valence-electron chi connectivity index (χ0n) is 9.82. The summed E-state index contributed by atoms with van der Waals surface area (Å²) in [5.74, 6) is 0. The molecular weight excluding hydrogens is 188 g/mol. The molecule has 0 fully saturated rings. The lowest BCUT2D eigenvalue weighted by Crippen LogP contribution is -2.22. The lowest BCUT2D eigenvalue weighted by Gasteiger charge is -2.17. The third kappa shape index (κ3) is 3.83. The Kier molecular flexibility index (Phi) is 4.03. The molecule has 1 N–H and O–H groups in total. The Labute approximate surface area is 91.4 Å². The number of aromatic nitrogens is 3. The first-order valence-corrected chi connectivity index (χ1v) is 5.27. The van der Waals surface area contributed by atoms with Crippen LogP contribution in [0.15, 0.2) is 18.9 Å². The van der Waals surface area contributed by atoms with E-state index in [0.29, 0.717) is 0 Å². The topological polar surface area (TPSA) is 42.7 Å². The molecule has 0 radical (unpaired) electrons. The minimum absolute atomic E-state index is 0.00632. The highest BCUT2D eigenvalue weighted by Crippen LogP contribution is 2.11. The van der Waals surface area contributed by atoms with E-state index in [1.54, 1.807) is 0 Å². The summed E-state index contributed by atoms with van der Waals surface area (Å²) in [5.41, 5.74) is 0.987. The van der Waals surface area contributed by atoms with Crippen molar-refractivity contribution in [3.63, 3.8) is 0 Å². The van der Waals surface area contributed by atoms with Crippen molar-refractivity contribution >= 4 is 0 Å². The fraction of sp³-hybridized carbons (Fsp3) is 0.636. The quantitative estimate of drug-likeness (QED) is 0.591. The first-order chi connectivity index (χ1) is 7.04. The van der Waals surface area contributed by atoms with Gasteiger partial charge in [0.15, 0.2) is 0 Å². The van der Waals surface area contributed by atoms with E-state index in [2.05, 4.69) is 43.0 Å². The predicted octanol–water partition coefficient (Wildman–Crippen LogP) is 1.70. The second-order valence-corrected chi connectivity index (χ2v) is 4.58. The minimum atomic E-state index is 0.00632. The lowest BCUT2D eigenvalue weighted by molar-refractivity contribution is 0.347. The maximum Gasteiger partial charge on any atom is 0.0965 e. The van der Waals surface area contributed by atoms with Crippen LogP contribution in [-0.4, -0.2) is 21.5 Å². The Balaban J connectivity index is 2.43. The summed E-state index contributed by atoms with van der Waals surface area (Å²) in [6.45, 7) is 11.7. The minimum Gasteiger partial charge on any atom is -0.311 e. The molecule has 15 heavy (non-hydrogen) atoms. The van der Waals surface area contributed by atoms with Crippen LogP contribution in [0.2, 0.25) is 0 Å². The van der Waals surface area contributed by atoms with Gasteiger partial charge in [0.2, 0.25) is 0 Å². The van der Waals surface area contributed by atoms with Crippen LogP contribution < -0.4 is 5.32 Å². The van der Waals surface area contributed by atoms with Crippen LogP contribution in [0.1, 0.15) is 32.9 Å². The van der Waals surface area contributed by atoms with Crippen molar-refractivity contribution in [1.82, 2.24) is 20.3 Å². The molecule has 0 aliphatic rings. The predicted molar refractivity (Wildman–Crippen MR) is 61.5 cm³/mol. The molecule has 1 aromatic heterocycles. The van der Waals surface area contributed by atoms with Gasteiger partial charge in [-0.15, -0.1) is 11.7 Å². The van der Waals surface area contributed by atoms with Crippen LogP contribution >= 0.6 is 0 Å². The summed E-state index contributed by atoms with van der Waals surface area (Å²) in [6, 6.07) is 0. The van der Waals surface area contributed by atoms with Crippen LogP contribution in [0.25, 0.3) is 0 Å². The third-order valence-corrected chi connectivity index (χ3v) is 2.06. The van der Waals surface area contributed by atoms with E-state index >= 15 is 0 Å². The first kappa shape index (κ1) is 11.9. The molecule has 0 saturated heterocycles. The van der Waals surface area contributed by atoms with Crippen molar-refractivity contribution < 1.29 is 0 Å². The van der Waals surface area contributed by atoms with E-state index in [0.717, 1.165) is 25.2 Å². The van der Waals surface area contributed by atoms with Gasteiger partial charge in [-0.2, -0.15) is 0 Å². The summed E-state index contributed by atoms with van der Waals surface area (Å²) in [6.07, 6.45) is 4.87. The molecule has 1 heterocycles. The summed E-state index contributed by atoms with van der Waals surface area (Å²) in [5, 5.41) is 11.5. The van der Waals surface area contributed by atoms with E-state index < -0.39 is 0 Å². The number of hydrogen-bond donors (Lipinski definition) is 1. The van der Waals surface area contributed by atoms with E-state index in [-0.39, 0.29) is 5.54 Å². The van der Waals surface area contributed by atoms with Crippen LogP contribution in [-0.2, 0) is 12.1 Å². The molecule has 0 spiro atoms. The Morgan fingerprint density at radius 2 is 2.27 bits per heavy atom. The molecule has 4 heteroatoms. The standard InChI is InChI=1S/C11H20N4/c1-5-6-7-12-8-10-9-15(14-13-10)11(2,3)4/h5,9,12H,1,6-8H2,2-4H3. The zero-order valence-corrected chi connectivity index (χ0v) is 9.82. The molecule has 0 saturated carbocycles. The van der Waals surface area contributed by atoms with Crippen molar-refractivity contribution in [3.8, 4) is 0 Å². The van der Waals surface area contributed by atoms with Gasteiger partial charge in [0.05, 0.1) is 17.4 Å². The highest BCUT2D eigenvalue weighted by Gasteiger charge is 2.14. The molecule has 0 bridgehead atoms. The lowest BCUT2D eigenvalue weighted by atomic mass is 10.1. The van der Waals surface area contributed by atoms with Gasteiger partial charge in [0.1, 0.15) is 0 Å². The van der Waals surface area contributed by atoms with Gasteiger partial charge >= 0.3 is 0 Å². The summed E-state index contributed by atoms with van der Waals surface area (Å²) in [4.78, 5) is 0. The van der Waals surface area contributed by atoms with Crippen LogP contribution in [0.4, 0.5) is 0 Å². The average Bonchev–Trinajstić information content (AvgIpc) is 2.60. The Hall–Kier alpha value is -1.16. The van der Waals surface area contributed by atoms with Crippen molar-refractivity contribution in [1.29, 1.82) is 0 Å². The normalized spacial score (nSPS) is 11.7. The maximum absolute atomic E-state index is 4.10. The average molecular weight is 208 g/mol. The molecule has 4 nitrogen and oxygen atoms in total. The molecular formula is C11H20N4. The Morgan fingerprint density at radius 1 is 1.53 bits per heavy atom. The van der Waals surface area contributed by atoms with Gasteiger partial charge in [0.25, 0.3) is 0 Å². The van der Waals surface area contributed by atoms with E-state index in [9.17, 15) is 0 Å². The monoisotopic (exact) mass is 208 g/mol. The van der Waals surface area contributed by atoms with Gasteiger partial charge in [-0.05, 0) is 33.7 Å². The molecule has 0 aromatic carbocycles. The molecule has 0 aliphatic carbocycles. The summed E-state index contributed by atoms with van der Waals surface area (Å²) >= 11 is 0. The maximum atomic E-state index is 4.10. The van der Waals surface area contributed by atoms with Crippen molar-refractivity contribution in [2.24, 2.45) is 0 Å². The van der Waals surface area contributed by atoms with Crippen LogP contribution in [0.5, 0.6) is 0 Å². The number of hydrogen-bond acceptors (Lipinski definition) is 3. The van der Waals surface area contributed by atoms with E-state index in [1.807, 2.05) is 17.0 Å². The molecule has 0 unspecified atom stereocenters. The smallest absolute Gasteiger partial charge is 0.0965 e. The second-order valence-electron chi connectivity index (χ2n) is 4.58. The zero-order chi connectivity index (χ0) is 11.3. The summed E-state index contributed by atoms with van der Waals surface area (Å²) < 4.78 is 1.89. The van der Waals surface area contributed by atoms with Gasteiger partial charge < -0.3 is 5.32 Å². The van der Waals surface area contributed by atoms with E-state index in [1.165, 1.54) is 0 Å². The fourth-order valence-electron chi connectivity index (χ4n) is 1.13. The second kappa shape index (κ2) is 5.07. The van der Waals surface area contributed by atoms with Crippen LogP contribution in [0, 0.1) is 0 Å². The number of rotatable bonds is 5. The molecule has 0 atom stereocenters. The van der Waals surface area contributed by atoms with Crippen molar-refractivity contribution in [2.45, 2.75) is 39.3 Å². The Bertz CT molecular complexity index is 309. The third-order valence-electron chi connectivity index (χ3n) is 2.06. The van der Waals surface area contributed by atoms with Crippen LogP contribution in [0.3, 0.4) is 0 Å². The van der Waals surface area contributed by atoms with E-state index in [4.69, 9.17) is 0 Å². The summed E-state index contributed by atoms with van der Waals surface area (Å²) in [7, 11) is 0. The fourth-order valence-corrected chi connectivity index (χ4v) is 1.13. The molecule has 0 amide bonds. The number of nitrogens with one attached hydrogen (secondary N) is 1. The van der Waals surface area contributed by atoms with Gasteiger partial charge in [-0.3, -0.25) is 0 Å². The number of nitrogens with zero attached hydrogens (tertiary/aromatic N) is 3. The first-order valence-electron chi connectivity index (χ1n) is 5.27. The van der Waals surface area contributed by atoms with Crippen molar-refractivity contribution in [2.75, 3.05) is 6.54 Å². The largest absolute Gasteiger partial charge is 0.311 e. The molecule has 1 rings (SSSR count). The molecule has 0 aliphatic heterocycles. The molecule has 1 aromatic rings. The SMILES string of the molecule is C=CCCNCc1cn(C(C)(C)C)nn1. The van der Waals surface area contributed by atoms with Crippen molar-refractivity contribution in [3.05, 3.63) is 24.5 Å². The highest BCUT2D eigenvalue weighted by atomic mass is 15.4. The van der Waals surface area contributed by atoms with Gasteiger partial charge in [0, 0.05) is 6.54 Å². The Morgan fingerprint density at radius 3 is 2.80 bits per heavy atom. The molecule has 84 valence electrons.